The first-order valence-electron chi connectivity index (χ1n) is 7.37. The van der Waals surface area contributed by atoms with Gasteiger partial charge in [-0.25, -0.2) is 4.39 Å². The van der Waals surface area contributed by atoms with Crippen molar-refractivity contribution in [3.8, 4) is 0 Å². The molecule has 0 saturated heterocycles. The van der Waals surface area contributed by atoms with Gasteiger partial charge in [0.15, 0.2) is 0 Å². The Morgan fingerprint density at radius 3 is 2.29 bits per heavy atom. The van der Waals surface area contributed by atoms with Crippen molar-refractivity contribution < 1.29 is 9.18 Å². The van der Waals surface area contributed by atoms with E-state index in [-0.39, 0.29) is 18.1 Å². The van der Waals surface area contributed by atoms with Gasteiger partial charge >= 0.3 is 0 Å². The second-order valence-corrected chi connectivity index (χ2v) is 6.15. The summed E-state index contributed by atoms with van der Waals surface area (Å²) >= 11 is 5.20. The average Bonchev–Trinajstić information content (AvgIpc) is 2.68. The first-order valence-corrected chi connectivity index (χ1v) is 7.78. The van der Waals surface area contributed by atoms with Crippen LogP contribution in [0.3, 0.4) is 0 Å². The number of amides is 1. The number of benzene rings is 1. The number of carbonyl (C=O) groups is 1. The molecule has 0 aromatic heterocycles. The van der Waals surface area contributed by atoms with Crippen LogP contribution in [0.15, 0.2) is 24.3 Å². The van der Waals surface area contributed by atoms with Crippen molar-refractivity contribution in [3.05, 3.63) is 35.6 Å². The van der Waals surface area contributed by atoms with E-state index >= 15 is 0 Å². The molecular weight excluding hydrogens is 287 g/mol. The number of nitrogens with one attached hydrogen (secondary N) is 1. The third-order valence-corrected chi connectivity index (χ3v) is 4.48. The van der Waals surface area contributed by atoms with E-state index in [2.05, 4.69) is 5.32 Å². The molecule has 1 aromatic carbocycles. The second kappa shape index (κ2) is 6.98. The Balaban J connectivity index is 2.04. The van der Waals surface area contributed by atoms with Crippen LogP contribution < -0.4 is 11.1 Å². The van der Waals surface area contributed by atoms with E-state index in [1.165, 1.54) is 12.1 Å². The van der Waals surface area contributed by atoms with Crippen LogP contribution in [0, 0.1) is 5.82 Å². The molecule has 21 heavy (non-hydrogen) atoms. The molecule has 1 aliphatic carbocycles. The van der Waals surface area contributed by atoms with Crippen molar-refractivity contribution in [2.24, 2.45) is 5.73 Å². The van der Waals surface area contributed by atoms with Gasteiger partial charge in [0.1, 0.15) is 5.82 Å². The highest BCUT2D eigenvalue weighted by atomic mass is 32.1. The maximum absolute atomic E-state index is 12.9. The van der Waals surface area contributed by atoms with E-state index in [9.17, 15) is 9.18 Å². The van der Waals surface area contributed by atoms with Gasteiger partial charge in [-0.05, 0) is 30.5 Å². The van der Waals surface area contributed by atoms with Crippen LogP contribution in [-0.4, -0.2) is 16.4 Å². The molecule has 0 aliphatic heterocycles. The van der Waals surface area contributed by atoms with Crippen molar-refractivity contribution in [3.63, 3.8) is 0 Å². The Hall–Kier alpha value is -1.49. The summed E-state index contributed by atoms with van der Waals surface area (Å²) in [5.74, 6) is -0.418. The van der Waals surface area contributed by atoms with E-state index in [4.69, 9.17) is 18.0 Å². The number of thiocarbonyl (C=S) groups is 1. The van der Waals surface area contributed by atoms with Crippen LogP contribution in [0.2, 0.25) is 0 Å². The lowest BCUT2D eigenvalue weighted by atomic mass is 9.89. The Bertz CT molecular complexity index is 508. The maximum Gasteiger partial charge on any atom is 0.225 e. The number of carbonyl (C=O) groups excluding carboxylic acids is 1. The molecule has 1 fully saturated rings. The van der Waals surface area contributed by atoms with Gasteiger partial charge in [0, 0.05) is 0 Å². The van der Waals surface area contributed by atoms with E-state index < -0.39 is 5.54 Å². The predicted octanol–water partition coefficient (Wildman–Crippen LogP) is 2.86. The maximum atomic E-state index is 12.9. The van der Waals surface area contributed by atoms with Gasteiger partial charge in [0.2, 0.25) is 5.91 Å². The topological polar surface area (TPSA) is 55.1 Å². The van der Waals surface area contributed by atoms with Gasteiger partial charge in [-0.2, -0.15) is 0 Å². The van der Waals surface area contributed by atoms with Gasteiger partial charge in [-0.15, -0.1) is 0 Å². The molecule has 114 valence electrons. The largest absolute Gasteiger partial charge is 0.391 e. The molecule has 0 bridgehead atoms. The number of hydrogen-bond donors (Lipinski definition) is 2. The number of nitrogens with two attached hydrogens (primary N) is 1. The summed E-state index contributed by atoms with van der Waals surface area (Å²) < 4.78 is 12.9. The summed E-state index contributed by atoms with van der Waals surface area (Å²) in [6.07, 6.45) is 6.17. The standard InChI is InChI=1S/C16H21FN2OS/c17-13-7-5-12(6-8-13)11-14(20)19-16(15(18)21)9-3-1-2-4-10-16/h5-8H,1-4,9-11H2,(H2,18,21)(H,19,20). The molecule has 1 amide bonds. The first kappa shape index (κ1) is 15.9. The molecule has 1 saturated carbocycles. The quantitative estimate of drug-likeness (QED) is 0.664. The Labute approximate surface area is 130 Å². The molecule has 1 aromatic rings. The molecular formula is C16H21FN2OS. The summed E-state index contributed by atoms with van der Waals surface area (Å²) in [7, 11) is 0. The molecule has 1 aliphatic rings. The molecule has 3 N–H and O–H groups in total. The minimum atomic E-state index is -0.553. The van der Waals surface area contributed by atoms with E-state index in [0.29, 0.717) is 4.99 Å². The van der Waals surface area contributed by atoms with Crippen LogP contribution in [0.4, 0.5) is 4.39 Å². The fourth-order valence-corrected chi connectivity index (χ4v) is 3.12. The molecule has 0 heterocycles. The Kier molecular flexibility index (Phi) is 5.28. The van der Waals surface area contributed by atoms with E-state index in [1.807, 2.05) is 0 Å². The summed E-state index contributed by atoms with van der Waals surface area (Å²) in [6.45, 7) is 0. The van der Waals surface area contributed by atoms with Crippen molar-refractivity contribution in [1.29, 1.82) is 0 Å². The minimum Gasteiger partial charge on any atom is -0.391 e. The lowest BCUT2D eigenvalue weighted by Crippen LogP contribution is -2.56. The molecule has 0 spiro atoms. The number of hydrogen-bond acceptors (Lipinski definition) is 2. The van der Waals surface area contributed by atoms with Crippen LogP contribution in [0.1, 0.15) is 44.1 Å². The lowest BCUT2D eigenvalue weighted by molar-refractivity contribution is -0.121. The van der Waals surface area contributed by atoms with Gasteiger partial charge < -0.3 is 11.1 Å². The van der Waals surface area contributed by atoms with Crippen LogP contribution in [0.5, 0.6) is 0 Å². The normalized spacial score (nSPS) is 17.8. The van der Waals surface area contributed by atoms with Gasteiger partial charge in [0.25, 0.3) is 0 Å². The summed E-state index contributed by atoms with van der Waals surface area (Å²) in [6, 6.07) is 5.96. The highest BCUT2D eigenvalue weighted by Crippen LogP contribution is 2.27. The van der Waals surface area contributed by atoms with Gasteiger partial charge in [-0.1, -0.05) is 50.0 Å². The van der Waals surface area contributed by atoms with E-state index in [1.54, 1.807) is 12.1 Å². The molecule has 2 rings (SSSR count). The fraction of sp³-hybridized carbons (Fsp3) is 0.500. The van der Waals surface area contributed by atoms with Gasteiger partial charge in [0.05, 0.1) is 16.9 Å². The van der Waals surface area contributed by atoms with Crippen molar-refractivity contribution in [2.45, 2.75) is 50.5 Å². The number of rotatable bonds is 4. The summed E-state index contributed by atoms with van der Waals surface area (Å²) in [5, 5.41) is 3.04. The van der Waals surface area contributed by atoms with E-state index in [0.717, 1.165) is 44.1 Å². The zero-order chi connectivity index (χ0) is 15.3. The average molecular weight is 308 g/mol. The Morgan fingerprint density at radius 2 is 1.76 bits per heavy atom. The van der Waals surface area contributed by atoms with Gasteiger partial charge in [-0.3, -0.25) is 4.79 Å². The zero-order valence-corrected chi connectivity index (χ0v) is 12.8. The summed E-state index contributed by atoms with van der Waals surface area (Å²) in [5.41, 5.74) is 6.13. The smallest absolute Gasteiger partial charge is 0.225 e. The fourth-order valence-electron chi connectivity index (χ4n) is 2.86. The minimum absolute atomic E-state index is 0.115. The monoisotopic (exact) mass is 308 g/mol. The zero-order valence-electron chi connectivity index (χ0n) is 12.0. The molecule has 5 heteroatoms. The highest BCUT2D eigenvalue weighted by Gasteiger charge is 2.35. The van der Waals surface area contributed by atoms with Crippen LogP contribution in [-0.2, 0) is 11.2 Å². The molecule has 0 atom stereocenters. The highest BCUT2D eigenvalue weighted by molar-refractivity contribution is 7.80. The third kappa shape index (κ3) is 4.24. The Morgan fingerprint density at radius 1 is 1.19 bits per heavy atom. The lowest BCUT2D eigenvalue weighted by Gasteiger charge is -2.33. The second-order valence-electron chi connectivity index (χ2n) is 5.71. The van der Waals surface area contributed by atoms with Crippen molar-refractivity contribution in [1.82, 2.24) is 5.32 Å². The summed E-state index contributed by atoms with van der Waals surface area (Å²) in [4.78, 5) is 12.6. The predicted molar refractivity (Wildman–Crippen MR) is 85.5 cm³/mol. The van der Waals surface area contributed by atoms with Crippen LogP contribution in [0.25, 0.3) is 0 Å². The third-order valence-electron chi connectivity index (χ3n) is 4.09. The number of halogens is 1. The molecule has 3 nitrogen and oxygen atoms in total. The molecule has 0 radical (unpaired) electrons. The van der Waals surface area contributed by atoms with Crippen molar-refractivity contribution in [2.75, 3.05) is 0 Å². The first-order chi connectivity index (χ1) is 10.0. The molecule has 0 unspecified atom stereocenters. The SMILES string of the molecule is NC(=S)C1(NC(=O)Cc2ccc(F)cc2)CCCCCC1. The van der Waals surface area contributed by atoms with Crippen molar-refractivity contribution >= 4 is 23.1 Å². The van der Waals surface area contributed by atoms with Crippen LogP contribution >= 0.6 is 12.2 Å².